The molecule has 7 nitrogen and oxygen atoms in total. The Morgan fingerprint density at radius 1 is 1.11 bits per heavy atom. The van der Waals surface area contributed by atoms with Crippen LogP contribution < -0.4 is 5.32 Å². The van der Waals surface area contributed by atoms with Crippen LogP contribution in [0.25, 0.3) is 0 Å². The Morgan fingerprint density at radius 3 is 2.41 bits per heavy atom. The quantitative estimate of drug-likeness (QED) is 0.450. The van der Waals surface area contributed by atoms with Gasteiger partial charge in [-0.3, -0.25) is 4.99 Å². The second-order valence-electron chi connectivity index (χ2n) is 6.40. The number of guanidine groups is 1. The number of rotatable bonds is 7. The number of nitrogens with one attached hydrogen (secondary N) is 1. The molecule has 1 amide bonds. The number of benzene rings is 1. The molecule has 7 heteroatoms. The van der Waals surface area contributed by atoms with Crippen molar-refractivity contribution < 1.29 is 14.3 Å². The van der Waals surface area contributed by atoms with Gasteiger partial charge in [-0.1, -0.05) is 31.2 Å². The number of amides is 1. The first-order valence-electron chi connectivity index (χ1n) is 9.71. The largest absolute Gasteiger partial charge is 0.450 e. The van der Waals surface area contributed by atoms with Gasteiger partial charge in [-0.15, -0.1) is 0 Å². The average Bonchev–Trinajstić information content (AvgIpc) is 2.70. The van der Waals surface area contributed by atoms with Crippen molar-refractivity contribution in [3.63, 3.8) is 0 Å². The molecule has 0 spiro atoms. The van der Waals surface area contributed by atoms with Crippen LogP contribution >= 0.6 is 0 Å². The highest BCUT2D eigenvalue weighted by atomic mass is 16.6. The number of piperazine rings is 1. The second-order valence-corrected chi connectivity index (χ2v) is 6.40. The topological polar surface area (TPSA) is 66.4 Å². The van der Waals surface area contributed by atoms with Gasteiger partial charge in [0.2, 0.25) is 0 Å². The van der Waals surface area contributed by atoms with Crippen molar-refractivity contribution in [2.45, 2.75) is 33.4 Å². The molecule has 150 valence electrons. The molecule has 0 bridgehead atoms. The van der Waals surface area contributed by atoms with Crippen LogP contribution in [-0.2, 0) is 22.6 Å². The first-order chi connectivity index (χ1) is 13.2. The Labute approximate surface area is 162 Å². The zero-order valence-corrected chi connectivity index (χ0v) is 16.7. The van der Waals surface area contributed by atoms with E-state index in [1.165, 1.54) is 11.1 Å². The number of hydrogen-bond acceptors (Lipinski definition) is 4. The number of ether oxygens (including phenoxy) is 2. The van der Waals surface area contributed by atoms with Crippen molar-refractivity contribution in [1.82, 2.24) is 15.1 Å². The van der Waals surface area contributed by atoms with E-state index in [2.05, 4.69) is 34.3 Å². The van der Waals surface area contributed by atoms with Crippen LogP contribution in [0.2, 0.25) is 0 Å². The van der Waals surface area contributed by atoms with Gasteiger partial charge >= 0.3 is 6.09 Å². The molecule has 0 aliphatic carbocycles. The molecule has 1 aliphatic rings. The fraction of sp³-hybridized carbons (Fsp3) is 0.600. The summed E-state index contributed by atoms with van der Waals surface area (Å²) in [6, 6.07) is 8.30. The number of carbonyl (C=O) groups excluding carboxylic acids is 1. The fourth-order valence-electron chi connectivity index (χ4n) is 3.02. The Bertz CT molecular complexity index is 613. The minimum Gasteiger partial charge on any atom is -0.450 e. The van der Waals surface area contributed by atoms with Crippen molar-refractivity contribution in [2.75, 3.05) is 46.4 Å². The summed E-state index contributed by atoms with van der Waals surface area (Å²) >= 11 is 0. The minimum absolute atomic E-state index is 0.235. The van der Waals surface area contributed by atoms with E-state index in [1.54, 1.807) is 11.9 Å². The minimum atomic E-state index is -0.235. The average molecular weight is 377 g/mol. The summed E-state index contributed by atoms with van der Waals surface area (Å²) in [7, 11) is 1.79. The number of nitrogens with zero attached hydrogens (tertiary/aromatic N) is 3. The molecule has 1 aliphatic heterocycles. The van der Waals surface area contributed by atoms with Gasteiger partial charge in [0.1, 0.15) is 0 Å². The van der Waals surface area contributed by atoms with Gasteiger partial charge in [0, 0.05) is 46.4 Å². The molecule has 1 fully saturated rings. The second kappa shape index (κ2) is 11.4. The van der Waals surface area contributed by atoms with Crippen LogP contribution in [0, 0.1) is 0 Å². The van der Waals surface area contributed by atoms with Crippen LogP contribution in [-0.4, -0.2) is 68.3 Å². The zero-order chi connectivity index (χ0) is 19.5. The molecule has 2 rings (SSSR count). The number of carbonyl (C=O) groups is 1. The highest BCUT2D eigenvalue weighted by Gasteiger charge is 2.23. The lowest BCUT2D eigenvalue weighted by molar-refractivity contribution is 0.0914. The summed E-state index contributed by atoms with van der Waals surface area (Å²) in [4.78, 5) is 20.1. The number of hydrogen-bond donors (Lipinski definition) is 1. The Morgan fingerprint density at radius 2 is 1.78 bits per heavy atom. The van der Waals surface area contributed by atoms with Gasteiger partial charge < -0.3 is 24.6 Å². The third kappa shape index (κ3) is 6.43. The molecule has 1 saturated heterocycles. The Balaban J connectivity index is 1.87. The molecule has 0 atom stereocenters. The van der Waals surface area contributed by atoms with E-state index in [0.717, 1.165) is 32.1 Å². The highest BCUT2D eigenvalue weighted by Crippen LogP contribution is 2.11. The molecule has 1 N–H and O–H groups in total. The third-order valence-corrected chi connectivity index (χ3v) is 4.48. The summed E-state index contributed by atoms with van der Waals surface area (Å²) in [5.41, 5.74) is 2.40. The van der Waals surface area contributed by atoms with Crippen molar-refractivity contribution in [2.24, 2.45) is 4.99 Å². The molecule has 1 heterocycles. The standard InChI is InChI=1S/C20H32N4O3/c1-4-14-26-16-18-9-7-6-8-17(18)15-22-19(21-3)23-10-12-24(13-11-23)20(25)27-5-2/h6-9H,4-5,10-16H2,1-3H3,(H,21,22). The maximum Gasteiger partial charge on any atom is 0.409 e. The molecule has 1 aromatic carbocycles. The SMILES string of the molecule is CCCOCc1ccccc1CNC(=NC)N1CCN(C(=O)OCC)CC1. The highest BCUT2D eigenvalue weighted by molar-refractivity contribution is 5.80. The first-order valence-corrected chi connectivity index (χ1v) is 9.71. The molecule has 0 aromatic heterocycles. The monoisotopic (exact) mass is 376 g/mol. The van der Waals surface area contributed by atoms with Gasteiger partial charge in [-0.05, 0) is 24.5 Å². The Kier molecular flexibility index (Phi) is 8.91. The summed E-state index contributed by atoms with van der Waals surface area (Å²) in [5, 5.41) is 3.44. The molecule has 1 aromatic rings. The van der Waals surface area contributed by atoms with Crippen molar-refractivity contribution in [1.29, 1.82) is 0 Å². The van der Waals surface area contributed by atoms with E-state index < -0.39 is 0 Å². The predicted octanol–water partition coefficient (Wildman–Crippen LogP) is 2.46. The van der Waals surface area contributed by atoms with E-state index in [-0.39, 0.29) is 6.09 Å². The Hall–Kier alpha value is -2.28. The van der Waals surface area contributed by atoms with Gasteiger partial charge in [0.15, 0.2) is 5.96 Å². The van der Waals surface area contributed by atoms with Gasteiger partial charge in [-0.25, -0.2) is 4.79 Å². The van der Waals surface area contributed by atoms with Crippen LogP contribution in [0.1, 0.15) is 31.4 Å². The summed E-state index contributed by atoms with van der Waals surface area (Å²) in [6.45, 7) is 9.18. The normalized spacial score (nSPS) is 15.0. The van der Waals surface area contributed by atoms with Crippen molar-refractivity contribution >= 4 is 12.1 Å². The smallest absolute Gasteiger partial charge is 0.409 e. The van der Waals surface area contributed by atoms with Crippen LogP contribution in [0.3, 0.4) is 0 Å². The zero-order valence-electron chi connectivity index (χ0n) is 16.7. The molecule has 0 saturated carbocycles. The van der Waals surface area contributed by atoms with Gasteiger partial charge in [0.05, 0.1) is 13.2 Å². The summed E-state index contributed by atoms with van der Waals surface area (Å²) in [5.74, 6) is 0.850. The summed E-state index contributed by atoms with van der Waals surface area (Å²) in [6.07, 6.45) is 0.784. The maximum atomic E-state index is 11.8. The van der Waals surface area contributed by atoms with Crippen molar-refractivity contribution in [3.05, 3.63) is 35.4 Å². The van der Waals surface area contributed by atoms with Crippen LogP contribution in [0.5, 0.6) is 0 Å². The van der Waals surface area contributed by atoms with E-state index in [0.29, 0.717) is 32.8 Å². The lowest BCUT2D eigenvalue weighted by atomic mass is 10.1. The third-order valence-electron chi connectivity index (χ3n) is 4.48. The van der Waals surface area contributed by atoms with Crippen LogP contribution in [0.15, 0.2) is 29.3 Å². The van der Waals surface area contributed by atoms with Crippen LogP contribution in [0.4, 0.5) is 4.79 Å². The first kappa shape index (κ1) is 21.0. The molecule has 0 radical (unpaired) electrons. The molecule has 27 heavy (non-hydrogen) atoms. The molecule has 0 unspecified atom stereocenters. The van der Waals surface area contributed by atoms with Crippen molar-refractivity contribution in [3.8, 4) is 0 Å². The lowest BCUT2D eigenvalue weighted by Crippen LogP contribution is -2.53. The maximum absolute atomic E-state index is 11.8. The van der Waals surface area contributed by atoms with E-state index in [9.17, 15) is 4.79 Å². The van der Waals surface area contributed by atoms with E-state index in [1.807, 2.05) is 19.1 Å². The lowest BCUT2D eigenvalue weighted by Gasteiger charge is -2.35. The molecular formula is C20H32N4O3. The number of aliphatic imine (C=N–C) groups is 1. The van der Waals surface area contributed by atoms with Gasteiger partial charge in [-0.2, -0.15) is 0 Å². The molecular weight excluding hydrogens is 344 g/mol. The van der Waals surface area contributed by atoms with E-state index >= 15 is 0 Å². The van der Waals surface area contributed by atoms with Gasteiger partial charge in [0.25, 0.3) is 0 Å². The van der Waals surface area contributed by atoms with E-state index in [4.69, 9.17) is 9.47 Å². The summed E-state index contributed by atoms with van der Waals surface area (Å²) < 4.78 is 10.8. The predicted molar refractivity (Wildman–Crippen MR) is 107 cm³/mol. The fourth-order valence-corrected chi connectivity index (χ4v) is 3.02.